The Labute approximate surface area is 87.4 Å². The molecule has 0 saturated heterocycles. The maximum absolute atomic E-state index is 5.27. The number of nitrogens with two attached hydrogens (primary N) is 2. The van der Waals surface area contributed by atoms with E-state index < -0.39 is 0 Å². The summed E-state index contributed by atoms with van der Waals surface area (Å²) in [6.45, 7) is 0.503. The molecule has 2 aromatic rings. The van der Waals surface area contributed by atoms with E-state index in [-0.39, 0.29) is 5.96 Å². The van der Waals surface area contributed by atoms with Gasteiger partial charge in [-0.15, -0.1) is 0 Å². The van der Waals surface area contributed by atoms with Crippen molar-refractivity contribution in [2.24, 2.45) is 23.5 Å². The zero-order valence-electron chi connectivity index (χ0n) is 8.51. The third kappa shape index (κ3) is 1.90. The molecular formula is C10H13N5. The lowest BCUT2D eigenvalue weighted by Crippen LogP contribution is -2.22. The van der Waals surface area contributed by atoms with Gasteiger partial charge in [0.25, 0.3) is 0 Å². The number of fused-ring (bicyclic) bond motifs is 1. The van der Waals surface area contributed by atoms with Gasteiger partial charge in [0.05, 0.1) is 18.3 Å². The molecule has 15 heavy (non-hydrogen) atoms. The van der Waals surface area contributed by atoms with Crippen molar-refractivity contribution in [1.29, 1.82) is 0 Å². The van der Waals surface area contributed by atoms with Crippen LogP contribution in [0.3, 0.4) is 0 Å². The van der Waals surface area contributed by atoms with Crippen LogP contribution in [0.5, 0.6) is 0 Å². The predicted molar refractivity (Wildman–Crippen MR) is 60.2 cm³/mol. The molecule has 0 radical (unpaired) electrons. The lowest BCUT2D eigenvalue weighted by Gasteiger charge is -1.99. The average Bonchev–Trinajstić information content (AvgIpc) is 2.57. The number of rotatable bonds is 2. The Balaban J connectivity index is 2.37. The molecule has 0 aliphatic carbocycles. The van der Waals surface area contributed by atoms with Crippen LogP contribution in [0.1, 0.15) is 5.56 Å². The Bertz CT molecular complexity index is 508. The van der Waals surface area contributed by atoms with Crippen molar-refractivity contribution in [1.82, 2.24) is 9.78 Å². The van der Waals surface area contributed by atoms with Crippen LogP contribution in [0.25, 0.3) is 10.9 Å². The molecule has 5 nitrogen and oxygen atoms in total. The summed E-state index contributed by atoms with van der Waals surface area (Å²) in [4.78, 5) is 3.96. The van der Waals surface area contributed by atoms with Crippen molar-refractivity contribution in [3.8, 4) is 0 Å². The van der Waals surface area contributed by atoms with Crippen molar-refractivity contribution in [3.05, 3.63) is 30.0 Å². The Kier molecular flexibility index (Phi) is 2.29. The molecule has 0 aliphatic rings. The van der Waals surface area contributed by atoms with Gasteiger partial charge in [0.2, 0.25) is 0 Å². The third-order valence-corrected chi connectivity index (χ3v) is 2.26. The quantitative estimate of drug-likeness (QED) is 0.545. The summed E-state index contributed by atoms with van der Waals surface area (Å²) in [5.41, 5.74) is 12.7. The molecule has 1 aromatic carbocycles. The molecule has 0 amide bonds. The van der Waals surface area contributed by atoms with Crippen LogP contribution < -0.4 is 11.5 Å². The van der Waals surface area contributed by atoms with E-state index >= 15 is 0 Å². The van der Waals surface area contributed by atoms with Crippen molar-refractivity contribution in [3.63, 3.8) is 0 Å². The molecule has 1 aromatic heterocycles. The second-order valence-corrected chi connectivity index (χ2v) is 3.40. The molecule has 0 aliphatic heterocycles. The number of nitrogens with zero attached hydrogens (tertiary/aromatic N) is 3. The monoisotopic (exact) mass is 203 g/mol. The van der Waals surface area contributed by atoms with Crippen molar-refractivity contribution in [2.75, 3.05) is 0 Å². The molecular weight excluding hydrogens is 190 g/mol. The average molecular weight is 203 g/mol. The van der Waals surface area contributed by atoms with E-state index in [0.717, 1.165) is 16.5 Å². The highest BCUT2D eigenvalue weighted by Crippen LogP contribution is 2.15. The lowest BCUT2D eigenvalue weighted by atomic mass is 10.2. The maximum atomic E-state index is 5.27. The molecule has 5 heteroatoms. The minimum Gasteiger partial charge on any atom is -0.370 e. The van der Waals surface area contributed by atoms with Crippen molar-refractivity contribution >= 4 is 16.9 Å². The van der Waals surface area contributed by atoms with Crippen LogP contribution in [0.15, 0.2) is 29.4 Å². The molecule has 78 valence electrons. The number of guanidine groups is 1. The summed E-state index contributed by atoms with van der Waals surface area (Å²) in [6, 6.07) is 6.05. The molecule has 0 unspecified atom stereocenters. The minimum absolute atomic E-state index is 0.111. The van der Waals surface area contributed by atoms with Crippen molar-refractivity contribution < 1.29 is 0 Å². The summed E-state index contributed by atoms with van der Waals surface area (Å²) < 4.78 is 1.83. The van der Waals surface area contributed by atoms with Gasteiger partial charge in [-0.2, -0.15) is 5.10 Å². The van der Waals surface area contributed by atoms with Gasteiger partial charge < -0.3 is 11.5 Å². The van der Waals surface area contributed by atoms with Gasteiger partial charge in [0.15, 0.2) is 5.96 Å². The van der Waals surface area contributed by atoms with Gasteiger partial charge in [-0.1, -0.05) is 12.1 Å². The summed E-state index contributed by atoms with van der Waals surface area (Å²) in [5.74, 6) is 0.111. The smallest absolute Gasteiger partial charge is 0.186 e. The number of benzene rings is 1. The van der Waals surface area contributed by atoms with E-state index in [1.54, 1.807) is 0 Å². The Morgan fingerprint density at radius 3 is 3.00 bits per heavy atom. The SMILES string of the molecule is Cn1ncc2ccc(CN=C(N)N)cc21. The van der Waals surface area contributed by atoms with Crippen LogP contribution in [0, 0.1) is 0 Å². The number of aromatic nitrogens is 2. The molecule has 0 fully saturated rings. The fraction of sp³-hybridized carbons (Fsp3) is 0.200. The van der Waals surface area contributed by atoms with Crippen LogP contribution in [-0.4, -0.2) is 15.7 Å². The zero-order valence-corrected chi connectivity index (χ0v) is 8.51. The van der Waals surface area contributed by atoms with Gasteiger partial charge >= 0.3 is 0 Å². The Hall–Kier alpha value is -2.04. The standard InChI is InChI=1S/C10H13N5/c1-15-9-4-7(5-13-10(11)12)2-3-8(9)6-14-15/h2-4,6H,5H2,1H3,(H4,11,12,13). The first kappa shape index (κ1) is 9.51. The number of hydrogen-bond donors (Lipinski definition) is 2. The molecule has 4 N–H and O–H groups in total. The van der Waals surface area contributed by atoms with Gasteiger partial charge in [0.1, 0.15) is 0 Å². The third-order valence-electron chi connectivity index (χ3n) is 2.26. The summed E-state index contributed by atoms with van der Waals surface area (Å²) >= 11 is 0. The maximum Gasteiger partial charge on any atom is 0.186 e. The van der Waals surface area contributed by atoms with Crippen LogP contribution in [-0.2, 0) is 13.6 Å². The second kappa shape index (κ2) is 3.61. The van der Waals surface area contributed by atoms with E-state index in [1.165, 1.54) is 0 Å². The lowest BCUT2D eigenvalue weighted by molar-refractivity contribution is 0.796. The summed E-state index contributed by atoms with van der Waals surface area (Å²) in [6.07, 6.45) is 1.83. The minimum atomic E-state index is 0.111. The highest BCUT2D eigenvalue weighted by molar-refractivity contribution is 5.79. The fourth-order valence-electron chi connectivity index (χ4n) is 1.47. The summed E-state index contributed by atoms with van der Waals surface area (Å²) in [5, 5.41) is 5.28. The molecule has 1 heterocycles. The first-order valence-corrected chi connectivity index (χ1v) is 4.63. The zero-order chi connectivity index (χ0) is 10.8. The van der Waals surface area contributed by atoms with Gasteiger partial charge in [-0.05, 0) is 11.6 Å². The highest BCUT2D eigenvalue weighted by Gasteiger charge is 2.00. The van der Waals surface area contributed by atoms with Gasteiger partial charge in [-0.3, -0.25) is 4.68 Å². The number of aryl methyl sites for hydroxylation is 1. The first-order chi connectivity index (χ1) is 7.16. The van der Waals surface area contributed by atoms with Gasteiger partial charge in [0, 0.05) is 12.4 Å². The van der Waals surface area contributed by atoms with E-state index in [0.29, 0.717) is 6.54 Å². The summed E-state index contributed by atoms with van der Waals surface area (Å²) in [7, 11) is 1.91. The molecule has 0 saturated carbocycles. The normalized spacial score (nSPS) is 10.5. The molecule has 2 rings (SSSR count). The van der Waals surface area contributed by atoms with Crippen LogP contribution in [0.4, 0.5) is 0 Å². The largest absolute Gasteiger partial charge is 0.370 e. The van der Waals surface area contributed by atoms with E-state index in [9.17, 15) is 0 Å². The van der Waals surface area contributed by atoms with Crippen LogP contribution >= 0.6 is 0 Å². The fourth-order valence-corrected chi connectivity index (χ4v) is 1.47. The van der Waals surface area contributed by atoms with E-state index in [4.69, 9.17) is 11.5 Å². The molecule has 0 spiro atoms. The Morgan fingerprint density at radius 2 is 2.27 bits per heavy atom. The highest BCUT2D eigenvalue weighted by atomic mass is 15.2. The number of aliphatic imine (C=N–C) groups is 1. The molecule has 0 bridgehead atoms. The van der Waals surface area contributed by atoms with Crippen LogP contribution in [0.2, 0.25) is 0 Å². The van der Waals surface area contributed by atoms with E-state index in [1.807, 2.05) is 36.1 Å². The number of hydrogen-bond acceptors (Lipinski definition) is 2. The first-order valence-electron chi connectivity index (χ1n) is 4.63. The Morgan fingerprint density at radius 1 is 1.47 bits per heavy atom. The van der Waals surface area contributed by atoms with Crippen molar-refractivity contribution in [2.45, 2.75) is 6.54 Å². The van der Waals surface area contributed by atoms with E-state index in [2.05, 4.69) is 10.1 Å². The molecule has 0 atom stereocenters. The second-order valence-electron chi connectivity index (χ2n) is 3.40. The topological polar surface area (TPSA) is 82.2 Å². The van der Waals surface area contributed by atoms with Gasteiger partial charge in [-0.25, -0.2) is 4.99 Å². The predicted octanol–water partition coefficient (Wildman–Crippen LogP) is 0.347.